The highest BCUT2D eigenvalue weighted by Gasteiger charge is 1.99. The number of thiophene rings is 1. The summed E-state index contributed by atoms with van der Waals surface area (Å²) >= 11 is 5.14. The zero-order valence-electron chi connectivity index (χ0n) is 10.5. The van der Waals surface area contributed by atoms with Crippen LogP contribution in [0.25, 0.3) is 0 Å². The van der Waals surface area contributed by atoms with Crippen molar-refractivity contribution in [1.29, 1.82) is 0 Å². The average molecular weight is 448 g/mol. The van der Waals surface area contributed by atoms with Crippen LogP contribution in [0, 0.1) is 0 Å². The fraction of sp³-hybridized carbons (Fsp3) is 0.545. The predicted molar refractivity (Wildman–Crippen MR) is 92.1 cm³/mol. The van der Waals surface area contributed by atoms with Crippen LogP contribution >= 0.6 is 51.2 Å². The van der Waals surface area contributed by atoms with E-state index in [0.717, 1.165) is 23.5 Å². The molecule has 0 spiro atoms. The molecule has 1 rings (SSSR count). The van der Waals surface area contributed by atoms with E-state index >= 15 is 0 Å². The smallest absolute Gasteiger partial charge is 0.191 e. The summed E-state index contributed by atoms with van der Waals surface area (Å²) in [4.78, 5) is 5.73. The number of rotatable bonds is 6. The van der Waals surface area contributed by atoms with E-state index in [1.54, 1.807) is 18.4 Å². The van der Waals surface area contributed by atoms with Crippen molar-refractivity contribution in [2.45, 2.75) is 13.5 Å². The van der Waals surface area contributed by atoms with E-state index in [1.807, 2.05) is 0 Å². The second-order valence-corrected chi connectivity index (χ2v) is 5.26. The molecule has 4 nitrogen and oxygen atoms in total. The van der Waals surface area contributed by atoms with Crippen LogP contribution in [0.15, 0.2) is 20.9 Å². The summed E-state index contributed by atoms with van der Waals surface area (Å²) in [6.45, 7) is 5.03. The fourth-order valence-electron chi connectivity index (χ4n) is 1.21. The number of hydrogen-bond acceptors (Lipinski definition) is 3. The Kier molecular flexibility index (Phi) is 11.1. The van der Waals surface area contributed by atoms with Gasteiger partial charge in [-0.25, -0.2) is 4.99 Å². The molecule has 0 aliphatic rings. The summed E-state index contributed by atoms with van der Waals surface area (Å²) in [5, 5.41) is 8.47. The lowest BCUT2D eigenvalue weighted by atomic mass is 10.5. The minimum absolute atomic E-state index is 0. The van der Waals surface area contributed by atoms with Crippen molar-refractivity contribution in [2.75, 3.05) is 26.8 Å². The van der Waals surface area contributed by atoms with Crippen molar-refractivity contribution < 1.29 is 4.74 Å². The molecule has 18 heavy (non-hydrogen) atoms. The first kappa shape index (κ1) is 18.1. The largest absolute Gasteiger partial charge is 0.383 e. The quantitative estimate of drug-likeness (QED) is 0.305. The molecule has 104 valence electrons. The van der Waals surface area contributed by atoms with Crippen molar-refractivity contribution >= 4 is 57.2 Å². The number of guanidine groups is 1. The maximum absolute atomic E-state index is 4.99. The summed E-state index contributed by atoms with van der Waals surface area (Å²) in [7, 11) is 1.69. The molecular weight excluding hydrogens is 429 g/mol. The van der Waals surface area contributed by atoms with Crippen molar-refractivity contribution in [2.24, 2.45) is 4.99 Å². The van der Waals surface area contributed by atoms with E-state index in [9.17, 15) is 0 Å². The lowest BCUT2D eigenvalue weighted by molar-refractivity contribution is 0.203. The topological polar surface area (TPSA) is 45.7 Å². The van der Waals surface area contributed by atoms with Gasteiger partial charge in [0.1, 0.15) is 0 Å². The molecule has 1 heterocycles. The molecule has 1 aromatic heterocycles. The molecule has 7 heteroatoms. The SMILES string of the molecule is CCNC(=NCc1cc(Br)cs1)NCCOC.I. The lowest BCUT2D eigenvalue weighted by Gasteiger charge is -2.10. The number of halogens is 2. The average Bonchev–Trinajstić information content (AvgIpc) is 2.72. The van der Waals surface area contributed by atoms with Gasteiger partial charge >= 0.3 is 0 Å². The number of hydrogen-bond donors (Lipinski definition) is 2. The van der Waals surface area contributed by atoms with Crippen LogP contribution in [-0.4, -0.2) is 32.8 Å². The van der Waals surface area contributed by atoms with Crippen molar-refractivity contribution in [1.82, 2.24) is 10.6 Å². The Labute approximate surface area is 138 Å². The van der Waals surface area contributed by atoms with Gasteiger partial charge in [-0.3, -0.25) is 0 Å². The van der Waals surface area contributed by atoms with Crippen LogP contribution in [-0.2, 0) is 11.3 Å². The van der Waals surface area contributed by atoms with E-state index in [4.69, 9.17) is 4.74 Å². The summed E-state index contributed by atoms with van der Waals surface area (Å²) in [6, 6.07) is 2.09. The van der Waals surface area contributed by atoms with Crippen LogP contribution in [0.1, 0.15) is 11.8 Å². The number of nitrogens with zero attached hydrogens (tertiary/aromatic N) is 1. The second-order valence-electron chi connectivity index (χ2n) is 3.35. The van der Waals surface area contributed by atoms with Gasteiger partial charge in [0.15, 0.2) is 5.96 Å². The van der Waals surface area contributed by atoms with E-state index in [2.05, 4.69) is 49.9 Å². The van der Waals surface area contributed by atoms with Crippen LogP contribution < -0.4 is 10.6 Å². The maximum atomic E-state index is 4.99. The zero-order valence-corrected chi connectivity index (χ0v) is 15.3. The molecule has 0 saturated heterocycles. The highest BCUT2D eigenvalue weighted by Crippen LogP contribution is 2.20. The highest BCUT2D eigenvalue weighted by atomic mass is 127. The van der Waals surface area contributed by atoms with Crippen LogP contribution in [0.5, 0.6) is 0 Å². The molecule has 0 atom stereocenters. The first-order valence-corrected chi connectivity index (χ1v) is 7.17. The Morgan fingerprint density at radius 3 is 2.83 bits per heavy atom. The minimum Gasteiger partial charge on any atom is -0.383 e. The summed E-state index contributed by atoms with van der Waals surface area (Å²) in [5.74, 6) is 0.828. The van der Waals surface area contributed by atoms with Gasteiger partial charge in [-0.15, -0.1) is 35.3 Å². The van der Waals surface area contributed by atoms with Gasteiger partial charge in [0.05, 0.1) is 13.2 Å². The molecule has 0 saturated carbocycles. The van der Waals surface area contributed by atoms with E-state index in [1.165, 1.54) is 4.88 Å². The van der Waals surface area contributed by atoms with E-state index in [0.29, 0.717) is 13.2 Å². The first-order chi connectivity index (χ1) is 8.26. The van der Waals surface area contributed by atoms with Crippen LogP contribution in [0.2, 0.25) is 0 Å². The molecule has 0 radical (unpaired) electrons. The summed E-state index contributed by atoms with van der Waals surface area (Å²) < 4.78 is 6.10. The number of aliphatic imine (C=N–C) groups is 1. The maximum Gasteiger partial charge on any atom is 0.191 e. The van der Waals surface area contributed by atoms with Crippen molar-refractivity contribution in [3.63, 3.8) is 0 Å². The highest BCUT2D eigenvalue weighted by molar-refractivity contribution is 14.0. The first-order valence-electron chi connectivity index (χ1n) is 5.50. The van der Waals surface area contributed by atoms with E-state index in [-0.39, 0.29) is 24.0 Å². The summed E-state index contributed by atoms with van der Waals surface area (Å²) in [5.41, 5.74) is 0. The number of nitrogens with one attached hydrogen (secondary N) is 2. The van der Waals surface area contributed by atoms with Crippen molar-refractivity contribution in [3.8, 4) is 0 Å². The Morgan fingerprint density at radius 1 is 1.50 bits per heavy atom. The van der Waals surface area contributed by atoms with Gasteiger partial charge in [0, 0.05) is 34.9 Å². The number of methoxy groups -OCH3 is 1. The second kappa shape index (κ2) is 11.0. The van der Waals surface area contributed by atoms with Gasteiger partial charge in [-0.2, -0.15) is 0 Å². The Bertz CT molecular complexity index is 360. The monoisotopic (exact) mass is 447 g/mol. The third-order valence-electron chi connectivity index (χ3n) is 1.96. The zero-order chi connectivity index (χ0) is 12.5. The molecule has 0 aliphatic heterocycles. The molecule has 0 aliphatic carbocycles. The molecule has 0 unspecified atom stereocenters. The number of ether oxygens (including phenoxy) is 1. The molecular formula is C11H19BrIN3OS. The molecule has 0 bridgehead atoms. The molecule has 0 aromatic carbocycles. The van der Waals surface area contributed by atoms with Gasteiger partial charge in [0.25, 0.3) is 0 Å². The standard InChI is InChI=1S/C11H18BrN3OS.HI/c1-3-13-11(14-4-5-16-2)15-7-10-6-9(12)8-17-10;/h6,8H,3-5,7H2,1-2H3,(H2,13,14,15);1H. The Hall–Kier alpha value is 0.140. The van der Waals surface area contributed by atoms with Crippen molar-refractivity contribution in [3.05, 3.63) is 20.8 Å². The van der Waals surface area contributed by atoms with Crippen LogP contribution in [0.4, 0.5) is 0 Å². The van der Waals surface area contributed by atoms with Gasteiger partial charge < -0.3 is 15.4 Å². The molecule has 0 fully saturated rings. The Morgan fingerprint density at radius 2 is 2.28 bits per heavy atom. The summed E-state index contributed by atoms with van der Waals surface area (Å²) in [6.07, 6.45) is 0. The third-order valence-corrected chi connectivity index (χ3v) is 3.64. The molecule has 0 amide bonds. The normalized spacial score (nSPS) is 10.9. The third kappa shape index (κ3) is 7.55. The molecule has 2 N–H and O–H groups in total. The lowest BCUT2D eigenvalue weighted by Crippen LogP contribution is -2.38. The van der Waals surface area contributed by atoms with E-state index < -0.39 is 0 Å². The van der Waals surface area contributed by atoms with Crippen LogP contribution in [0.3, 0.4) is 0 Å². The molecule has 1 aromatic rings. The van der Waals surface area contributed by atoms with Gasteiger partial charge in [-0.05, 0) is 28.9 Å². The van der Waals surface area contributed by atoms with Gasteiger partial charge in [0.2, 0.25) is 0 Å². The fourth-order valence-corrected chi connectivity index (χ4v) is 2.58. The Balaban J connectivity index is 0.00000289. The minimum atomic E-state index is 0. The van der Waals surface area contributed by atoms with Gasteiger partial charge in [-0.1, -0.05) is 0 Å². The predicted octanol–water partition coefficient (Wildman–Crippen LogP) is 2.83.